The van der Waals surface area contributed by atoms with E-state index in [-0.39, 0.29) is 70.5 Å². The van der Waals surface area contributed by atoms with Gasteiger partial charge >= 0.3 is 6.09 Å². The number of methoxy groups -OCH3 is 2. The first-order valence-corrected chi connectivity index (χ1v) is 30.0. The molecule has 6 aromatic rings. The van der Waals surface area contributed by atoms with Gasteiger partial charge in [0.25, 0.3) is 11.9 Å². The number of carboxylic acids is 2. The number of hydrogen-bond acceptors (Lipinski definition) is 16. The number of benzene rings is 6. The number of phenolic OH excluding ortho intramolecular Hbond substituents is 1. The Balaban J connectivity index is 0.00000159. The van der Waals surface area contributed by atoms with Crippen LogP contribution >= 0.6 is 0 Å². The van der Waals surface area contributed by atoms with Gasteiger partial charge in [0.1, 0.15) is 72.0 Å². The molecule has 0 bridgehead atoms. The third-order valence-corrected chi connectivity index (χ3v) is 14.8. The number of unbranched alkanes of at least 4 members (excludes halogenated alkanes) is 1. The van der Waals surface area contributed by atoms with Crippen LogP contribution in [0.3, 0.4) is 0 Å². The Hall–Kier alpha value is -10.3. The summed E-state index contributed by atoms with van der Waals surface area (Å²) in [5.74, 6) is -4.91. The summed E-state index contributed by atoms with van der Waals surface area (Å²) in [6, 6.07) is 32.2. The van der Waals surface area contributed by atoms with E-state index in [9.17, 15) is 9.90 Å². The second kappa shape index (κ2) is 35.8. The summed E-state index contributed by atoms with van der Waals surface area (Å²) < 4.78 is 23.4. The number of phenols is 1. The minimum absolute atomic E-state index is 0.0521. The zero-order chi connectivity index (χ0) is 66.7. The Bertz CT molecular complexity index is 3430. The van der Waals surface area contributed by atoms with Gasteiger partial charge in [0.15, 0.2) is 0 Å². The largest absolute Gasteiger partial charge is 0.508 e. The number of fused-ring (bicyclic) bond motifs is 2. The maximum absolute atomic E-state index is 15.4. The fourth-order valence-corrected chi connectivity index (χ4v) is 10.4. The van der Waals surface area contributed by atoms with Gasteiger partial charge in [-0.25, -0.2) is 4.79 Å². The minimum Gasteiger partial charge on any atom is -0.508 e. The van der Waals surface area contributed by atoms with Crippen LogP contribution in [-0.2, 0) is 75.4 Å². The fraction of sp³-hybridized carbons (Fsp3) is 0.358. The molecule has 0 unspecified atom stereocenters. The highest BCUT2D eigenvalue weighted by Crippen LogP contribution is 2.33. The first kappa shape index (κ1) is 70.8. The van der Waals surface area contributed by atoms with Gasteiger partial charge in [0, 0.05) is 64.4 Å². The first-order chi connectivity index (χ1) is 44.2. The van der Waals surface area contributed by atoms with Crippen LogP contribution in [0.5, 0.6) is 23.0 Å². The van der Waals surface area contributed by atoms with Crippen LogP contribution < -0.4 is 57.6 Å². The number of aliphatic carboxylic acids is 2. The molecule has 2 aliphatic heterocycles. The van der Waals surface area contributed by atoms with Crippen LogP contribution in [0.1, 0.15) is 67.3 Å². The maximum Gasteiger partial charge on any atom is 0.407 e. The highest BCUT2D eigenvalue weighted by Gasteiger charge is 2.45. The SMILES string of the molecule is CC(=O)O.CC(=O)O.COc1cc2cccc(OC)c2cc1C[C@H]1NC(=O)[C@H](Cc2ccc(O)cc2)NC(=O)[C@@H]2C[C@@H](OC(=O)NCCN)CN2C(=O)[C@H](Cc2ccccc2)NC(=O)[C@H](Cc2ccc(OCc3ccccc3)cc2)NC(=O)[C@H](CCCCN)NC1=O. The average molecular weight is 1270 g/mol. The molecule has 92 heavy (non-hydrogen) atoms. The summed E-state index contributed by atoms with van der Waals surface area (Å²) in [4.78, 5) is 123. The quantitative estimate of drug-likeness (QED) is 0.0484. The van der Waals surface area contributed by atoms with Crippen LogP contribution in [0, 0.1) is 0 Å². The van der Waals surface area contributed by atoms with Crippen LogP contribution in [0.4, 0.5) is 4.79 Å². The summed E-state index contributed by atoms with van der Waals surface area (Å²) in [7, 11) is 3.00. The molecule has 0 aromatic heterocycles. The van der Waals surface area contributed by atoms with Crippen molar-refractivity contribution in [3.05, 3.63) is 167 Å². The van der Waals surface area contributed by atoms with Crippen molar-refractivity contribution in [3.8, 4) is 23.0 Å². The van der Waals surface area contributed by atoms with Crippen molar-refractivity contribution in [2.24, 2.45) is 11.5 Å². The van der Waals surface area contributed by atoms with Crippen LogP contribution in [-0.4, -0.2) is 156 Å². The molecule has 0 spiro atoms. The Kier molecular flexibility index (Phi) is 27.6. The molecule has 2 heterocycles. The molecule has 7 atom stereocenters. The van der Waals surface area contributed by atoms with Gasteiger partial charge in [0.2, 0.25) is 35.4 Å². The molecule has 25 heteroatoms. The molecule has 8 rings (SSSR count). The van der Waals surface area contributed by atoms with Gasteiger partial charge in [-0.1, -0.05) is 97.1 Å². The first-order valence-electron chi connectivity index (χ1n) is 30.0. The molecule has 0 radical (unpaired) electrons. The minimum atomic E-state index is -1.46. The smallest absolute Gasteiger partial charge is 0.407 e. The van der Waals surface area contributed by atoms with E-state index in [4.69, 9.17) is 50.2 Å². The zero-order valence-electron chi connectivity index (χ0n) is 51.8. The molecule has 7 amide bonds. The molecular weight excluding hydrogens is 1190 g/mol. The lowest BCUT2D eigenvalue weighted by Crippen LogP contribution is -2.62. The van der Waals surface area contributed by atoms with Crippen molar-refractivity contribution < 1.29 is 77.4 Å². The second-order valence-corrected chi connectivity index (χ2v) is 21.8. The fourth-order valence-electron chi connectivity index (χ4n) is 10.4. The van der Waals surface area contributed by atoms with E-state index in [0.717, 1.165) is 24.8 Å². The van der Waals surface area contributed by atoms with E-state index >= 15 is 28.8 Å². The van der Waals surface area contributed by atoms with Crippen molar-refractivity contribution in [3.63, 3.8) is 0 Å². The van der Waals surface area contributed by atoms with Crippen LogP contribution in [0.15, 0.2) is 140 Å². The predicted molar refractivity (Wildman–Crippen MR) is 340 cm³/mol. The molecule has 0 aliphatic carbocycles. The van der Waals surface area contributed by atoms with E-state index in [0.29, 0.717) is 64.3 Å². The maximum atomic E-state index is 15.4. The molecule has 490 valence electrons. The lowest BCUT2D eigenvalue weighted by atomic mass is 9.97. The van der Waals surface area contributed by atoms with Crippen LogP contribution in [0.2, 0.25) is 0 Å². The van der Waals surface area contributed by atoms with E-state index in [2.05, 4.69) is 31.9 Å². The van der Waals surface area contributed by atoms with Gasteiger partial charge in [0.05, 0.1) is 20.8 Å². The molecule has 2 aliphatic rings. The van der Waals surface area contributed by atoms with Crippen molar-refractivity contribution in [2.45, 2.75) is 114 Å². The summed E-state index contributed by atoms with van der Waals surface area (Å²) >= 11 is 0. The number of nitrogens with one attached hydrogen (secondary N) is 6. The number of alkyl carbamates (subject to hydrolysis) is 1. The topological polar surface area (TPSA) is 379 Å². The monoisotopic (exact) mass is 1270 g/mol. The normalized spacial score (nSPS) is 19.4. The number of aromatic hydroxyl groups is 1. The number of carbonyl (C=O) groups is 9. The van der Waals surface area contributed by atoms with Gasteiger partial charge in [-0.05, 0) is 101 Å². The number of nitrogens with zero attached hydrogens (tertiary/aromatic N) is 1. The number of nitrogens with two attached hydrogens (primary N) is 2. The number of carboxylic acid groups (broad SMARTS) is 2. The van der Waals surface area contributed by atoms with Crippen molar-refractivity contribution in [1.82, 2.24) is 36.8 Å². The average Bonchev–Trinajstić information content (AvgIpc) is 1.29. The highest BCUT2D eigenvalue weighted by atomic mass is 16.6. The Morgan fingerprint density at radius 1 is 0.565 bits per heavy atom. The third kappa shape index (κ3) is 22.0. The van der Waals surface area contributed by atoms with E-state index in [1.54, 1.807) is 84.9 Å². The Morgan fingerprint density at radius 3 is 1.63 bits per heavy atom. The molecule has 2 fully saturated rings. The van der Waals surface area contributed by atoms with Gasteiger partial charge < -0.3 is 82.5 Å². The number of rotatable bonds is 20. The number of hydrogen-bond donors (Lipinski definition) is 11. The summed E-state index contributed by atoms with van der Waals surface area (Å²) in [5, 5.41) is 43.5. The Labute approximate surface area is 532 Å². The molecular formula is C67H81N9O16. The summed E-state index contributed by atoms with van der Waals surface area (Å²) in [5.41, 5.74) is 14.8. The van der Waals surface area contributed by atoms with Gasteiger partial charge in [-0.3, -0.25) is 38.4 Å². The van der Waals surface area contributed by atoms with E-state index in [1.807, 2.05) is 42.5 Å². The molecule has 25 nitrogen and oxygen atoms in total. The summed E-state index contributed by atoms with van der Waals surface area (Å²) in [6.45, 7) is 2.64. The Morgan fingerprint density at radius 2 is 1.07 bits per heavy atom. The van der Waals surface area contributed by atoms with Crippen LogP contribution in [0.25, 0.3) is 10.8 Å². The molecule has 13 N–H and O–H groups in total. The van der Waals surface area contributed by atoms with E-state index in [1.165, 1.54) is 31.3 Å². The van der Waals surface area contributed by atoms with Crippen molar-refractivity contribution in [1.29, 1.82) is 0 Å². The number of ether oxygens (including phenoxy) is 4. The number of amides is 7. The van der Waals surface area contributed by atoms with Gasteiger partial charge in [-0.15, -0.1) is 0 Å². The predicted octanol–water partition coefficient (Wildman–Crippen LogP) is 3.82. The van der Waals surface area contributed by atoms with Crippen molar-refractivity contribution >= 4 is 64.2 Å². The number of carbonyl (C=O) groups excluding carboxylic acids is 7. The lowest BCUT2D eigenvalue weighted by molar-refractivity contribution is -0.143. The molecule has 2 saturated heterocycles. The third-order valence-electron chi connectivity index (χ3n) is 14.8. The molecule has 6 aromatic carbocycles. The highest BCUT2D eigenvalue weighted by molar-refractivity contribution is 5.99. The summed E-state index contributed by atoms with van der Waals surface area (Å²) in [6.07, 6.45) is -1.77. The second-order valence-electron chi connectivity index (χ2n) is 21.8. The van der Waals surface area contributed by atoms with Crippen molar-refractivity contribution in [2.75, 3.05) is 40.4 Å². The van der Waals surface area contributed by atoms with E-state index < -0.39 is 95.8 Å². The zero-order valence-corrected chi connectivity index (χ0v) is 51.8. The van der Waals surface area contributed by atoms with Gasteiger partial charge in [-0.2, -0.15) is 0 Å². The molecule has 0 saturated carbocycles. The standard InChI is InChI=1S/C63H73N9O12.2C2H4O2/c1-81-55-18-11-16-43-35-56(82-2)44(33-48(43)55)34-52-60(77)67-49(17-9-10-27-64)57(74)68-50(31-41-21-25-46(26-22-41)83-38-42-14-7-4-8-15-42)59(76)71-53(32-39-12-5-3-6-13-39)62(79)72-37-47(84-63(80)66-29-28-65)36-54(72)61(78)70-51(58(75)69-52)30-40-19-23-45(73)24-20-40;2*1-2(3)4/h3-8,11-16,18-26,33,35,47,49-54,73H,9-10,17,27-32,34,36-38,64-65H2,1-2H3,(H,66,80)(H,67,77)(H,68,74)(H,69,75)(H,70,78)(H,71,76);2*1H3,(H,3,4)/t47-,49+,50+,51+,52-,53+,54+;;/m1../s1. The lowest BCUT2D eigenvalue weighted by Gasteiger charge is -2.32.